The minimum absolute atomic E-state index is 0.00455. The van der Waals surface area contributed by atoms with E-state index < -0.39 is 11.8 Å². The number of aromatic hydroxyl groups is 1. The Hall–Kier alpha value is -3.75. The SMILES string of the molecule is COc1cc(C=NNC(=O)CNC(=O)c2ccc3c(c2)OCO3)ccc1O. The van der Waals surface area contributed by atoms with Crippen LogP contribution in [0.4, 0.5) is 0 Å². The predicted octanol–water partition coefficient (Wildman–Crippen LogP) is 1.01. The summed E-state index contributed by atoms with van der Waals surface area (Å²) in [5.41, 5.74) is 3.27. The van der Waals surface area contributed by atoms with Crippen molar-refractivity contribution in [3.63, 3.8) is 0 Å². The second-order valence-electron chi connectivity index (χ2n) is 5.48. The summed E-state index contributed by atoms with van der Waals surface area (Å²) in [5, 5.41) is 15.8. The number of phenolic OH excluding ortho intramolecular Hbond substituents is 1. The number of carbonyl (C=O) groups excluding carboxylic acids is 2. The van der Waals surface area contributed by atoms with Gasteiger partial charge in [0.15, 0.2) is 23.0 Å². The molecule has 27 heavy (non-hydrogen) atoms. The summed E-state index contributed by atoms with van der Waals surface area (Å²) in [6, 6.07) is 9.38. The molecule has 3 N–H and O–H groups in total. The number of rotatable bonds is 6. The molecule has 0 saturated carbocycles. The fraction of sp³-hybridized carbons (Fsp3) is 0.167. The standard InChI is InChI=1S/C18H17N3O6/c1-25-15-6-11(2-4-13(15)22)8-20-21-17(23)9-19-18(24)12-3-5-14-16(7-12)27-10-26-14/h2-8,22H,9-10H2,1H3,(H,19,24)(H,21,23). The molecule has 2 aromatic carbocycles. The third-order valence-corrected chi connectivity index (χ3v) is 3.65. The molecule has 0 spiro atoms. The lowest BCUT2D eigenvalue weighted by atomic mass is 10.2. The zero-order valence-electron chi connectivity index (χ0n) is 14.4. The Balaban J connectivity index is 1.49. The van der Waals surface area contributed by atoms with E-state index >= 15 is 0 Å². The summed E-state index contributed by atoms with van der Waals surface area (Å²) < 4.78 is 15.4. The van der Waals surface area contributed by atoms with E-state index in [0.29, 0.717) is 28.4 Å². The van der Waals surface area contributed by atoms with Crippen molar-refractivity contribution < 1.29 is 28.9 Å². The highest BCUT2D eigenvalue weighted by atomic mass is 16.7. The number of methoxy groups -OCH3 is 1. The summed E-state index contributed by atoms with van der Waals surface area (Å²) in [4.78, 5) is 23.9. The summed E-state index contributed by atoms with van der Waals surface area (Å²) >= 11 is 0. The van der Waals surface area contributed by atoms with E-state index in [4.69, 9.17) is 14.2 Å². The van der Waals surface area contributed by atoms with Crippen molar-refractivity contribution in [3.05, 3.63) is 47.5 Å². The van der Waals surface area contributed by atoms with Gasteiger partial charge >= 0.3 is 0 Å². The number of hydrazone groups is 1. The van der Waals surface area contributed by atoms with Gasteiger partial charge in [-0.2, -0.15) is 5.10 Å². The number of amides is 2. The number of benzene rings is 2. The first-order valence-electron chi connectivity index (χ1n) is 7.93. The molecule has 3 rings (SSSR count). The number of ether oxygens (including phenoxy) is 3. The van der Waals surface area contributed by atoms with E-state index in [1.54, 1.807) is 30.3 Å². The average Bonchev–Trinajstić information content (AvgIpc) is 3.15. The first kappa shape index (κ1) is 18.1. The lowest BCUT2D eigenvalue weighted by Crippen LogP contribution is -2.34. The fourth-order valence-corrected chi connectivity index (χ4v) is 2.29. The van der Waals surface area contributed by atoms with E-state index in [0.717, 1.165) is 0 Å². The van der Waals surface area contributed by atoms with E-state index in [2.05, 4.69) is 15.8 Å². The molecule has 0 radical (unpaired) electrons. The second-order valence-corrected chi connectivity index (χ2v) is 5.48. The molecule has 1 aliphatic heterocycles. The highest BCUT2D eigenvalue weighted by molar-refractivity contribution is 5.97. The highest BCUT2D eigenvalue weighted by Crippen LogP contribution is 2.32. The van der Waals surface area contributed by atoms with Gasteiger partial charge in [0.1, 0.15) is 0 Å². The van der Waals surface area contributed by atoms with E-state index in [1.807, 2.05) is 0 Å². The number of carbonyl (C=O) groups is 2. The molecule has 9 heteroatoms. The monoisotopic (exact) mass is 371 g/mol. The number of hydrogen-bond donors (Lipinski definition) is 3. The molecule has 140 valence electrons. The molecule has 1 aliphatic rings. The Morgan fingerprint density at radius 1 is 1.22 bits per heavy atom. The Bertz CT molecular complexity index is 897. The smallest absolute Gasteiger partial charge is 0.259 e. The van der Waals surface area contributed by atoms with Crippen molar-refractivity contribution in [2.24, 2.45) is 5.10 Å². The summed E-state index contributed by atoms with van der Waals surface area (Å²) in [6.07, 6.45) is 1.39. The molecule has 2 aromatic rings. The van der Waals surface area contributed by atoms with Crippen LogP contribution in [-0.2, 0) is 4.79 Å². The van der Waals surface area contributed by atoms with Gasteiger partial charge in [-0.3, -0.25) is 9.59 Å². The van der Waals surface area contributed by atoms with Crippen LogP contribution >= 0.6 is 0 Å². The van der Waals surface area contributed by atoms with Gasteiger partial charge in [0.25, 0.3) is 11.8 Å². The molecule has 2 amide bonds. The molecule has 0 aromatic heterocycles. The van der Waals surface area contributed by atoms with Crippen molar-refractivity contribution >= 4 is 18.0 Å². The summed E-state index contributed by atoms with van der Waals surface area (Å²) in [7, 11) is 1.43. The third-order valence-electron chi connectivity index (χ3n) is 3.65. The number of fused-ring (bicyclic) bond motifs is 1. The zero-order chi connectivity index (χ0) is 19.2. The predicted molar refractivity (Wildman–Crippen MR) is 95.3 cm³/mol. The van der Waals surface area contributed by atoms with Gasteiger partial charge in [-0.25, -0.2) is 5.43 Å². The molecular weight excluding hydrogens is 354 g/mol. The van der Waals surface area contributed by atoms with Gasteiger partial charge in [0.05, 0.1) is 19.9 Å². The maximum Gasteiger partial charge on any atom is 0.259 e. The average molecular weight is 371 g/mol. The van der Waals surface area contributed by atoms with Crippen LogP contribution < -0.4 is 25.0 Å². The van der Waals surface area contributed by atoms with Crippen molar-refractivity contribution in [1.29, 1.82) is 0 Å². The highest BCUT2D eigenvalue weighted by Gasteiger charge is 2.16. The van der Waals surface area contributed by atoms with E-state index in [9.17, 15) is 14.7 Å². The lowest BCUT2D eigenvalue weighted by Gasteiger charge is -2.05. The van der Waals surface area contributed by atoms with Crippen LogP contribution in [0, 0.1) is 0 Å². The largest absolute Gasteiger partial charge is 0.504 e. The van der Waals surface area contributed by atoms with Crippen LogP contribution in [0.3, 0.4) is 0 Å². The van der Waals surface area contributed by atoms with Crippen molar-refractivity contribution in [2.75, 3.05) is 20.4 Å². The third kappa shape index (κ3) is 4.46. The Morgan fingerprint density at radius 2 is 2.04 bits per heavy atom. The Kier molecular flexibility index (Phi) is 5.41. The number of hydrogen-bond acceptors (Lipinski definition) is 7. The maximum atomic E-state index is 12.1. The molecule has 0 fully saturated rings. The molecule has 0 saturated heterocycles. The molecule has 0 atom stereocenters. The van der Waals surface area contributed by atoms with E-state index in [1.165, 1.54) is 19.4 Å². The lowest BCUT2D eigenvalue weighted by molar-refractivity contribution is -0.120. The fourth-order valence-electron chi connectivity index (χ4n) is 2.29. The van der Waals surface area contributed by atoms with Crippen LogP contribution in [0.1, 0.15) is 15.9 Å². The molecule has 0 unspecified atom stereocenters. The quantitative estimate of drug-likeness (QED) is 0.515. The van der Waals surface area contributed by atoms with Gasteiger partial charge in [-0.15, -0.1) is 0 Å². The Labute approximate surface area is 154 Å². The van der Waals surface area contributed by atoms with Gasteiger partial charge in [0.2, 0.25) is 6.79 Å². The van der Waals surface area contributed by atoms with Crippen molar-refractivity contribution in [2.45, 2.75) is 0 Å². The molecule has 1 heterocycles. The molecular formula is C18H17N3O6. The van der Waals surface area contributed by atoms with Crippen LogP contribution in [0.25, 0.3) is 0 Å². The molecule has 0 bridgehead atoms. The number of nitrogens with one attached hydrogen (secondary N) is 2. The van der Waals surface area contributed by atoms with Crippen molar-refractivity contribution in [1.82, 2.24) is 10.7 Å². The topological polar surface area (TPSA) is 118 Å². The van der Waals surface area contributed by atoms with Crippen molar-refractivity contribution in [3.8, 4) is 23.0 Å². The first-order valence-corrected chi connectivity index (χ1v) is 7.93. The van der Waals surface area contributed by atoms with Gasteiger partial charge < -0.3 is 24.6 Å². The number of nitrogens with zero attached hydrogens (tertiary/aromatic N) is 1. The maximum absolute atomic E-state index is 12.1. The minimum atomic E-state index is -0.494. The van der Waals surface area contributed by atoms with Crippen LogP contribution in [0.15, 0.2) is 41.5 Å². The van der Waals surface area contributed by atoms with Crippen LogP contribution in [0.2, 0.25) is 0 Å². The van der Waals surface area contributed by atoms with Crippen LogP contribution in [-0.4, -0.2) is 43.6 Å². The number of phenols is 1. The minimum Gasteiger partial charge on any atom is -0.504 e. The summed E-state index contributed by atoms with van der Waals surface area (Å²) in [5.74, 6) is 0.443. The van der Waals surface area contributed by atoms with Gasteiger partial charge in [-0.1, -0.05) is 0 Å². The Morgan fingerprint density at radius 3 is 2.85 bits per heavy atom. The van der Waals surface area contributed by atoms with E-state index in [-0.39, 0.29) is 19.1 Å². The first-order chi connectivity index (χ1) is 13.1. The van der Waals surface area contributed by atoms with Crippen LogP contribution in [0.5, 0.6) is 23.0 Å². The second kappa shape index (κ2) is 8.09. The zero-order valence-corrected chi connectivity index (χ0v) is 14.4. The molecule has 0 aliphatic carbocycles. The summed E-state index contributed by atoms with van der Waals surface area (Å²) in [6.45, 7) is -0.128. The van der Waals surface area contributed by atoms with Gasteiger partial charge in [-0.05, 0) is 42.0 Å². The normalized spacial score (nSPS) is 12.0. The molecule has 9 nitrogen and oxygen atoms in total. The van der Waals surface area contributed by atoms with Gasteiger partial charge in [0, 0.05) is 5.56 Å².